The average Bonchev–Trinajstić information content (AvgIpc) is 2.91. The minimum atomic E-state index is -0.794. The van der Waals surface area contributed by atoms with Gasteiger partial charge in [-0.05, 0) is 54.6 Å². The Kier molecular flexibility index (Phi) is 7.67. The van der Waals surface area contributed by atoms with Crippen LogP contribution in [0, 0.1) is 0 Å². The number of carbonyl (C=O) groups is 2. The van der Waals surface area contributed by atoms with E-state index in [1.54, 1.807) is 54.6 Å². The molecule has 0 unspecified atom stereocenters. The van der Waals surface area contributed by atoms with E-state index < -0.39 is 17.5 Å². The molecule has 0 bridgehead atoms. The average molecular weight is 482 g/mol. The highest BCUT2D eigenvalue weighted by Crippen LogP contribution is 2.24. The lowest BCUT2D eigenvalue weighted by Gasteiger charge is -2.09. The molecule has 8 heteroatoms. The number of ether oxygens (including phenoxy) is 2. The van der Waals surface area contributed by atoms with E-state index in [1.807, 2.05) is 30.3 Å². The fraction of sp³-hybridized carbons (Fsp3) is 0.0714. The van der Waals surface area contributed by atoms with Crippen molar-refractivity contribution in [3.8, 4) is 11.5 Å². The second kappa shape index (κ2) is 11.4. The molecule has 0 fully saturated rings. The van der Waals surface area contributed by atoms with Crippen LogP contribution in [-0.4, -0.2) is 25.2 Å². The summed E-state index contributed by atoms with van der Waals surface area (Å²) in [4.78, 5) is 41.6. The number of anilines is 1. The molecule has 0 saturated heterocycles. The summed E-state index contributed by atoms with van der Waals surface area (Å²) < 4.78 is 15.9. The summed E-state index contributed by atoms with van der Waals surface area (Å²) >= 11 is 0. The number of benzene rings is 3. The molecule has 1 N–H and O–H groups in total. The van der Waals surface area contributed by atoms with Gasteiger partial charge in [0.15, 0.2) is 0 Å². The van der Waals surface area contributed by atoms with E-state index in [0.29, 0.717) is 17.0 Å². The molecule has 0 saturated carbocycles. The summed E-state index contributed by atoms with van der Waals surface area (Å²) in [5, 5.41) is 2.48. The molecule has 0 radical (unpaired) electrons. The van der Waals surface area contributed by atoms with Crippen molar-refractivity contribution in [2.75, 3.05) is 12.4 Å². The summed E-state index contributed by atoms with van der Waals surface area (Å²) in [5.74, 6) is 0.236. The van der Waals surface area contributed by atoms with Crippen molar-refractivity contribution in [2.24, 2.45) is 4.99 Å². The first-order valence-electron chi connectivity index (χ1n) is 11.0. The van der Waals surface area contributed by atoms with Gasteiger partial charge in [-0.2, -0.15) is 0 Å². The van der Waals surface area contributed by atoms with E-state index in [1.165, 1.54) is 19.4 Å². The molecule has 0 atom stereocenters. The molecular formula is C28H22N2O6. The van der Waals surface area contributed by atoms with Crippen LogP contribution in [0.15, 0.2) is 105 Å². The van der Waals surface area contributed by atoms with Crippen molar-refractivity contribution < 1.29 is 23.5 Å². The van der Waals surface area contributed by atoms with Crippen LogP contribution in [0.5, 0.6) is 11.5 Å². The Balaban J connectivity index is 1.48. The third kappa shape index (κ3) is 6.12. The molecule has 0 aliphatic heterocycles. The molecule has 0 spiro atoms. The van der Waals surface area contributed by atoms with Crippen molar-refractivity contribution in [1.82, 2.24) is 0 Å². The number of nitrogens with one attached hydrogen (secondary N) is 1. The number of amides is 1. The maximum Gasteiger partial charge on any atom is 0.359 e. The van der Waals surface area contributed by atoms with Crippen molar-refractivity contribution in [3.63, 3.8) is 0 Å². The number of para-hydroxylation sites is 1. The summed E-state index contributed by atoms with van der Waals surface area (Å²) in [5.41, 5.74) is 0.0484. The SMILES string of the molecule is COC(=O)c1cc(NC(=O)c2ccccc2)c(=O)oc1CC=Nc1ccc(Oc2ccccc2)cc1. The van der Waals surface area contributed by atoms with Crippen LogP contribution >= 0.6 is 0 Å². The first-order valence-corrected chi connectivity index (χ1v) is 11.0. The Morgan fingerprint density at radius 2 is 1.56 bits per heavy atom. The smallest absolute Gasteiger partial charge is 0.359 e. The van der Waals surface area contributed by atoms with Gasteiger partial charge in [0.25, 0.3) is 5.91 Å². The first-order chi connectivity index (χ1) is 17.5. The minimum absolute atomic E-state index is 0.0125. The van der Waals surface area contributed by atoms with E-state index in [9.17, 15) is 14.4 Å². The van der Waals surface area contributed by atoms with Gasteiger partial charge in [0.2, 0.25) is 0 Å². The highest BCUT2D eigenvalue weighted by molar-refractivity contribution is 6.04. The summed E-state index contributed by atoms with van der Waals surface area (Å²) in [6.45, 7) is 0. The largest absolute Gasteiger partial charge is 0.465 e. The van der Waals surface area contributed by atoms with E-state index in [4.69, 9.17) is 13.9 Å². The fourth-order valence-corrected chi connectivity index (χ4v) is 3.27. The molecule has 0 aliphatic rings. The van der Waals surface area contributed by atoms with Gasteiger partial charge in [-0.25, -0.2) is 9.59 Å². The number of hydrogen-bond acceptors (Lipinski definition) is 7. The fourth-order valence-electron chi connectivity index (χ4n) is 3.27. The second-order valence-corrected chi connectivity index (χ2v) is 7.52. The van der Waals surface area contributed by atoms with Gasteiger partial charge in [-0.15, -0.1) is 0 Å². The van der Waals surface area contributed by atoms with E-state index >= 15 is 0 Å². The van der Waals surface area contributed by atoms with Gasteiger partial charge in [0.1, 0.15) is 28.5 Å². The van der Waals surface area contributed by atoms with Gasteiger partial charge in [0, 0.05) is 18.2 Å². The zero-order valence-electron chi connectivity index (χ0n) is 19.3. The lowest BCUT2D eigenvalue weighted by Crippen LogP contribution is -2.20. The molecule has 4 aromatic rings. The predicted molar refractivity (Wildman–Crippen MR) is 136 cm³/mol. The maximum atomic E-state index is 12.5. The van der Waals surface area contributed by atoms with Gasteiger partial charge in [0.05, 0.1) is 12.8 Å². The third-order valence-corrected chi connectivity index (χ3v) is 5.05. The summed E-state index contributed by atoms with van der Waals surface area (Å²) in [6, 6.07) is 26.1. The molecular weight excluding hydrogens is 460 g/mol. The molecule has 36 heavy (non-hydrogen) atoms. The number of nitrogens with zero attached hydrogens (tertiary/aromatic N) is 1. The van der Waals surface area contributed by atoms with Crippen LogP contribution < -0.4 is 15.7 Å². The number of carbonyl (C=O) groups excluding carboxylic acids is 2. The number of methoxy groups -OCH3 is 1. The van der Waals surface area contributed by atoms with Crippen molar-refractivity contribution in [2.45, 2.75) is 6.42 Å². The normalized spacial score (nSPS) is 10.7. The van der Waals surface area contributed by atoms with Crippen LogP contribution in [0.25, 0.3) is 0 Å². The zero-order chi connectivity index (χ0) is 25.3. The maximum absolute atomic E-state index is 12.5. The van der Waals surface area contributed by atoms with E-state index in [0.717, 1.165) is 5.75 Å². The quantitative estimate of drug-likeness (QED) is 0.266. The first kappa shape index (κ1) is 24.2. The number of esters is 1. The summed E-state index contributed by atoms with van der Waals surface area (Å²) in [6.07, 6.45) is 1.56. The van der Waals surface area contributed by atoms with Crippen LogP contribution in [0.3, 0.4) is 0 Å². The molecule has 3 aromatic carbocycles. The Hall–Kier alpha value is -4.98. The molecule has 1 heterocycles. The second-order valence-electron chi connectivity index (χ2n) is 7.52. The molecule has 8 nitrogen and oxygen atoms in total. The molecule has 1 amide bonds. The van der Waals surface area contributed by atoms with Gasteiger partial charge < -0.3 is 19.2 Å². The van der Waals surface area contributed by atoms with Crippen molar-refractivity contribution in [1.29, 1.82) is 0 Å². The van der Waals surface area contributed by atoms with Gasteiger partial charge >= 0.3 is 11.6 Å². The molecule has 180 valence electrons. The molecule has 1 aromatic heterocycles. The van der Waals surface area contributed by atoms with E-state index in [2.05, 4.69) is 10.3 Å². The highest BCUT2D eigenvalue weighted by atomic mass is 16.5. The standard InChI is InChI=1S/C28H22N2O6/c1-34-27(32)23-18-24(30-26(31)19-8-4-2-5-9-19)28(33)36-25(23)16-17-29-20-12-14-22(15-13-20)35-21-10-6-3-7-11-21/h2-15,17-18H,16H2,1H3,(H,30,31). The van der Waals surface area contributed by atoms with Crippen LogP contribution in [0.4, 0.5) is 11.4 Å². The topological polar surface area (TPSA) is 107 Å². The molecule has 0 aliphatic carbocycles. The summed E-state index contributed by atoms with van der Waals surface area (Å²) in [7, 11) is 1.21. The van der Waals surface area contributed by atoms with E-state index in [-0.39, 0.29) is 23.4 Å². The Morgan fingerprint density at radius 1 is 0.917 bits per heavy atom. The monoisotopic (exact) mass is 482 g/mol. The van der Waals surface area contributed by atoms with Crippen LogP contribution in [0.1, 0.15) is 26.5 Å². The Labute approximate surface area is 206 Å². The van der Waals surface area contributed by atoms with Crippen LogP contribution in [0.2, 0.25) is 0 Å². The van der Waals surface area contributed by atoms with Crippen molar-refractivity contribution >= 4 is 29.5 Å². The lowest BCUT2D eigenvalue weighted by molar-refractivity contribution is 0.0595. The predicted octanol–water partition coefficient (Wildman–Crippen LogP) is 5.42. The van der Waals surface area contributed by atoms with Gasteiger partial charge in [-0.3, -0.25) is 9.79 Å². The van der Waals surface area contributed by atoms with Crippen molar-refractivity contribution in [3.05, 3.63) is 118 Å². The Morgan fingerprint density at radius 3 is 2.22 bits per heavy atom. The third-order valence-electron chi connectivity index (χ3n) is 5.05. The van der Waals surface area contributed by atoms with Gasteiger partial charge in [-0.1, -0.05) is 36.4 Å². The lowest BCUT2D eigenvalue weighted by atomic mass is 10.1. The number of hydrogen-bond donors (Lipinski definition) is 1. The molecule has 4 rings (SSSR count). The number of rotatable bonds is 8. The highest BCUT2D eigenvalue weighted by Gasteiger charge is 2.19. The number of aliphatic imine (C=N–C) groups is 1. The zero-order valence-corrected chi connectivity index (χ0v) is 19.3. The minimum Gasteiger partial charge on any atom is -0.465 e. The van der Waals surface area contributed by atoms with Crippen LogP contribution in [-0.2, 0) is 11.2 Å². The Bertz CT molecular complexity index is 1430.